The number of hydrogen-bond donors (Lipinski definition) is 1. The number of carbonyl (C=O) groups is 1. The Balaban J connectivity index is 2.10. The van der Waals surface area contributed by atoms with Gasteiger partial charge in [-0.1, -0.05) is 18.2 Å². The van der Waals surface area contributed by atoms with Gasteiger partial charge in [-0.25, -0.2) is 0 Å². The number of nitrogens with two attached hydrogens (primary N) is 1. The van der Waals surface area contributed by atoms with Crippen molar-refractivity contribution in [2.24, 2.45) is 5.73 Å². The van der Waals surface area contributed by atoms with Crippen LogP contribution in [0.4, 0.5) is 0 Å². The maximum absolute atomic E-state index is 10.9. The lowest BCUT2D eigenvalue weighted by Gasteiger charge is -1.89. The molecule has 0 spiro atoms. The third-order valence-corrected chi connectivity index (χ3v) is 2.52. The minimum absolute atomic E-state index is 0.125. The van der Waals surface area contributed by atoms with E-state index >= 15 is 0 Å². The summed E-state index contributed by atoms with van der Waals surface area (Å²) in [6, 6.07) is 12.7. The number of primary amides is 1. The van der Waals surface area contributed by atoms with Crippen LogP contribution in [0, 0.1) is 0 Å². The van der Waals surface area contributed by atoms with E-state index in [4.69, 9.17) is 14.6 Å². The molecule has 2 N–H and O–H groups in total. The van der Waals surface area contributed by atoms with Crippen LogP contribution in [-0.4, -0.2) is 5.91 Å². The highest BCUT2D eigenvalue weighted by atomic mass is 16.4. The van der Waals surface area contributed by atoms with Crippen molar-refractivity contribution in [1.29, 1.82) is 0 Å². The first-order chi connectivity index (χ1) is 8.24. The predicted octanol–water partition coefficient (Wildman–Crippen LogP) is 2.79. The second-order valence-electron chi connectivity index (χ2n) is 3.68. The van der Waals surface area contributed by atoms with Gasteiger partial charge >= 0.3 is 0 Å². The van der Waals surface area contributed by atoms with Crippen molar-refractivity contribution < 1.29 is 13.6 Å². The minimum Gasteiger partial charge on any atom is -0.453 e. The largest absolute Gasteiger partial charge is 0.453 e. The maximum Gasteiger partial charge on any atom is 0.284 e. The van der Waals surface area contributed by atoms with Gasteiger partial charge in [-0.15, -0.1) is 0 Å². The summed E-state index contributed by atoms with van der Waals surface area (Å²) in [7, 11) is 0. The molecule has 2 aromatic heterocycles. The molecule has 84 valence electrons. The summed E-state index contributed by atoms with van der Waals surface area (Å²) in [5, 5.41) is 0.986. The van der Waals surface area contributed by atoms with Crippen LogP contribution in [0.1, 0.15) is 10.6 Å². The Hall–Kier alpha value is -2.49. The average Bonchev–Trinajstić information content (AvgIpc) is 2.95. The molecule has 2 heterocycles. The SMILES string of the molecule is NC(=O)c1ccc(-c2cc3ccccc3o2)o1. The molecule has 3 rings (SSSR count). The Bertz CT molecular complexity index is 660. The topological polar surface area (TPSA) is 69.4 Å². The number of rotatable bonds is 2. The zero-order valence-electron chi connectivity index (χ0n) is 8.84. The van der Waals surface area contributed by atoms with Gasteiger partial charge < -0.3 is 14.6 Å². The molecule has 4 heteroatoms. The van der Waals surface area contributed by atoms with Gasteiger partial charge in [-0.3, -0.25) is 4.79 Å². The summed E-state index contributed by atoms with van der Waals surface area (Å²) in [6.07, 6.45) is 0. The first-order valence-electron chi connectivity index (χ1n) is 5.12. The number of fused-ring (bicyclic) bond motifs is 1. The highest BCUT2D eigenvalue weighted by Gasteiger charge is 2.12. The van der Waals surface area contributed by atoms with Crippen molar-refractivity contribution in [3.8, 4) is 11.5 Å². The van der Waals surface area contributed by atoms with Gasteiger partial charge in [0.1, 0.15) is 5.58 Å². The standard InChI is InChI=1S/C13H9NO3/c14-13(15)11-6-5-10(17-11)12-7-8-3-1-2-4-9(8)16-12/h1-7H,(H2,14,15). The Kier molecular flexibility index (Phi) is 2.01. The molecule has 0 bridgehead atoms. The molecule has 0 unspecified atom stereocenters. The molecule has 1 aromatic carbocycles. The van der Waals surface area contributed by atoms with E-state index in [1.54, 1.807) is 6.07 Å². The average molecular weight is 227 g/mol. The molecule has 0 radical (unpaired) electrons. The monoisotopic (exact) mass is 227 g/mol. The lowest BCUT2D eigenvalue weighted by molar-refractivity contribution is 0.0974. The van der Waals surface area contributed by atoms with Gasteiger partial charge in [0.05, 0.1) is 0 Å². The van der Waals surface area contributed by atoms with Gasteiger partial charge in [-0.2, -0.15) is 0 Å². The molecular weight excluding hydrogens is 218 g/mol. The first kappa shape index (κ1) is 9.72. The van der Waals surface area contributed by atoms with Crippen LogP contribution in [0.3, 0.4) is 0 Å². The van der Waals surface area contributed by atoms with Crippen LogP contribution in [0.2, 0.25) is 0 Å². The number of benzene rings is 1. The van der Waals surface area contributed by atoms with Gasteiger partial charge in [0.15, 0.2) is 17.3 Å². The summed E-state index contributed by atoms with van der Waals surface area (Å²) in [4.78, 5) is 10.9. The molecule has 3 aromatic rings. The Morgan fingerprint density at radius 2 is 1.82 bits per heavy atom. The Morgan fingerprint density at radius 1 is 1.00 bits per heavy atom. The fourth-order valence-electron chi connectivity index (χ4n) is 1.71. The highest BCUT2D eigenvalue weighted by molar-refractivity contribution is 5.90. The van der Waals surface area contributed by atoms with Crippen molar-refractivity contribution in [3.63, 3.8) is 0 Å². The van der Waals surface area contributed by atoms with Crippen LogP contribution in [0.5, 0.6) is 0 Å². The van der Waals surface area contributed by atoms with Crippen LogP contribution < -0.4 is 5.73 Å². The number of furan rings is 2. The van der Waals surface area contributed by atoms with E-state index in [1.165, 1.54) is 6.07 Å². The predicted molar refractivity (Wildman–Crippen MR) is 62.4 cm³/mol. The third-order valence-electron chi connectivity index (χ3n) is 2.52. The molecule has 4 nitrogen and oxygen atoms in total. The molecular formula is C13H9NO3. The van der Waals surface area contributed by atoms with Crippen molar-refractivity contribution in [1.82, 2.24) is 0 Å². The number of amides is 1. The van der Waals surface area contributed by atoms with Crippen molar-refractivity contribution in [3.05, 3.63) is 48.2 Å². The summed E-state index contributed by atoms with van der Waals surface area (Å²) in [5.74, 6) is 0.613. The van der Waals surface area contributed by atoms with E-state index in [2.05, 4.69) is 0 Å². The van der Waals surface area contributed by atoms with Crippen molar-refractivity contribution >= 4 is 16.9 Å². The quantitative estimate of drug-likeness (QED) is 0.731. The molecule has 0 aliphatic heterocycles. The zero-order valence-corrected chi connectivity index (χ0v) is 8.84. The molecule has 0 saturated carbocycles. The second-order valence-corrected chi connectivity index (χ2v) is 3.68. The van der Waals surface area contributed by atoms with Crippen LogP contribution in [0.15, 0.2) is 51.3 Å². The molecule has 0 fully saturated rings. The second kappa shape index (κ2) is 3.52. The van der Waals surface area contributed by atoms with Crippen LogP contribution in [-0.2, 0) is 0 Å². The summed E-state index contributed by atoms with van der Waals surface area (Å²) in [5.41, 5.74) is 5.89. The maximum atomic E-state index is 10.9. The molecule has 17 heavy (non-hydrogen) atoms. The van der Waals surface area contributed by atoms with Crippen molar-refractivity contribution in [2.45, 2.75) is 0 Å². The summed E-state index contributed by atoms with van der Waals surface area (Å²) in [6.45, 7) is 0. The van der Waals surface area contributed by atoms with E-state index in [0.29, 0.717) is 11.5 Å². The van der Waals surface area contributed by atoms with Gasteiger partial charge in [0.2, 0.25) is 0 Å². The Labute approximate surface area is 96.6 Å². The smallest absolute Gasteiger partial charge is 0.284 e. The van der Waals surface area contributed by atoms with E-state index < -0.39 is 5.91 Å². The molecule has 0 atom stereocenters. The number of hydrogen-bond acceptors (Lipinski definition) is 3. The van der Waals surface area contributed by atoms with Gasteiger partial charge in [0, 0.05) is 5.39 Å². The van der Waals surface area contributed by atoms with Crippen LogP contribution >= 0.6 is 0 Å². The summed E-state index contributed by atoms with van der Waals surface area (Å²) >= 11 is 0. The first-order valence-corrected chi connectivity index (χ1v) is 5.12. The summed E-state index contributed by atoms with van der Waals surface area (Å²) < 4.78 is 10.9. The van der Waals surface area contributed by atoms with Gasteiger partial charge in [-0.05, 0) is 24.3 Å². The third kappa shape index (κ3) is 1.59. The van der Waals surface area contributed by atoms with Crippen LogP contribution in [0.25, 0.3) is 22.5 Å². The van der Waals surface area contributed by atoms with E-state index in [9.17, 15) is 4.79 Å². The Morgan fingerprint density at radius 3 is 2.53 bits per heavy atom. The van der Waals surface area contributed by atoms with E-state index in [0.717, 1.165) is 11.0 Å². The molecule has 0 saturated heterocycles. The fourth-order valence-corrected chi connectivity index (χ4v) is 1.71. The van der Waals surface area contributed by atoms with Crippen molar-refractivity contribution in [2.75, 3.05) is 0 Å². The molecule has 0 aliphatic carbocycles. The minimum atomic E-state index is -0.590. The fraction of sp³-hybridized carbons (Fsp3) is 0. The lowest BCUT2D eigenvalue weighted by atomic mass is 10.2. The number of para-hydroxylation sites is 1. The number of carbonyl (C=O) groups excluding carboxylic acids is 1. The van der Waals surface area contributed by atoms with E-state index in [-0.39, 0.29) is 5.76 Å². The molecule has 0 aliphatic rings. The lowest BCUT2D eigenvalue weighted by Crippen LogP contribution is -2.08. The normalized spacial score (nSPS) is 10.8. The zero-order chi connectivity index (χ0) is 11.8. The van der Waals surface area contributed by atoms with E-state index in [1.807, 2.05) is 30.3 Å². The molecule has 1 amide bonds. The van der Waals surface area contributed by atoms with Gasteiger partial charge in [0.25, 0.3) is 5.91 Å². The highest BCUT2D eigenvalue weighted by Crippen LogP contribution is 2.28.